The molecule has 0 bridgehead atoms. The van der Waals surface area contributed by atoms with Crippen LogP contribution in [-0.4, -0.2) is 19.5 Å². The number of allylic oxidation sites excluding steroid dienone is 1. The predicted molar refractivity (Wildman–Crippen MR) is 105 cm³/mol. The Balaban J connectivity index is 1.99. The maximum atomic E-state index is 13.4. The van der Waals surface area contributed by atoms with Gasteiger partial charge in [-0.1, -0.05) is 56.2 Å². The molecule has 0 spiro atoms. The van der Waals surface area contributed by atoms with Crippen LogP contribution in [0.3, 0.4) is 0 Å². The molecule has 0 N–H and O–H groups in total. The molecule has 1 atom stereocenters. The van der Waals surface area contributed by atoms with Gasteiger partial charge in [-0.3, -0.25) is 4.79 Å². The summed E-state index contributed by atoms with van der Waals surface area (Å²) in [6.45, 7) is 1.96. The number of hydrogen-bond acceptors (Lipinski definition) is 3. The standard InChI is InChI=1S/C22H30O3S/c1-17-11-13-18(14-12-17)26(24,25)22-10-8-6-4-2-3-5-7-9-19-20(22)15-16-21(19)23/h11-14,22H,2-10,15-16H2,1H3. The van der Waals surface area contributed by atoms with Crippen LogP contribution < -0.4 is 0 Å². The highest BCUT2D eigenvalue weighted by Crippen LogP contribution is 2.37. The number of aryl methyl sites for hydroxylation is 1. The summed E-state index contributed by atoms with van der Waals surface area (Å²) in [4.78, 5) is 12.8. The summed E-state index contributed by atoms with van der Waals surface area (Å²) < 4.78 is 26.8. The summed E-state index contributed by atoms with van der Waals surface area (Å²) in [7, 11) is -3.46. The Hall–Kier alpha value is -1.42. The van der Waals surface area contributed by atoms with E-state index in [0.29, 0.717) is 24.2 Å². The van der Waals surface area contributed by atoms with Crippen molar-refractivity contribution in [3.63, 3.8) is 0 Å². The van der Waals surface area contributed by atoms with Crippen LogP contribution in [0.25, 0.3) is 0 Å². The molecule has 0 amide bonds. The molecule has 0 aromatic heterocycles. The van der Waals surface area contributed by atoms with Crippen LogP contribution in [0.1, 0.15) is 76.2 Å². The molecule has 3 rings (SSSR count). The van der Waals surface area contributed by atoms with Crippen molar-refractivity contribution < 1.29 is 13.2 Å². The third-order valence-electron chi connectivity index (χ3n) is 5.85. The van der Waals surface area contributed by atoms with Crippen LogP contribution in [0.15, 0.2) is 40.3 Å². The van der Waals surface area contributed by atoms with E-state index in [0.717, 1.165) is 48.8 Å². The zero-order valence-corrected chi connectivity index (χ0v) is 16.6. The number of ketones is 1. The SMILES string of the molecule is Cc1ccc(S(=O)(=O)C2CCCCCCCCCC3=C2CCC3=O)cc1. The van der Waals surface area contributed by atoms with Crippen molar-refractivity contribution in [2.75, 3.05) is 0 Å². The van der Waals surface area contributed by atoms with Crippen molar-refractivity contribution >= 4 is 15.6 Å². The molecule has 4 heteroatoms. The fourth-order valence-corrected chi connectivity index (χ4v) is 6.26. The zero-order valence-electron chi connectivity index (χ0n) is 15.8. The van der Waals surface area contributed by atoms with Gasteiger partial charge in [-0.25, -0.2) is 8.42 Å². The van der Waals surface area contributed by atoms with Crippen molar-refractivity contribution in [2.45, 2.75) is 87.7 Å². The zero-order chi connectivity index (χ0) is 18.6. The lowest BCUT2D eigenvalue weighted by Gasteiger charge is -2.21. The van der Waals surface area contributed by atoms with Crippen molar-refractivity contribution in [3.05, 3.63) is 41.0 Å². The van der Waals surface area contributed by atoms with Gasteiger partial charge < -0.3 is 0 Å². The van der Waals surface area contributed by atoms with Crippen LogP contribution in [0.2, 0.25) is 0 Å². The van der Waals surface area contributed by atoms with Crippen molar-refractivity contribution in [1.29, 1.82) is 0 Å². The summed E-state index contributed by atoms with van der Waals surface area (Å²) >= 11 is 0. The second-order valence-electron chi connectivity index (χ2n) is 7.79. The summed E-state index contributed by atoms with van der Waals surface area (Å²) in [5.74, 6) is 0.182. The Morgan fingerprint density at radius 3 is 2.12 bits per heavy atom. The number of rotatable bonds is 2. The Morgan fingerprint density at radius 1 is 0.808 bits per heavy atom. The molecule has 0 aliphatic heterocycles. The van der Waals surface area contributed by atoms with Crippen molar-refractivity contribution in [2.24, 2.45) is 0 Å². The number of benzene rings is 1. The van der Waals surface area contributed by atoms with Gasteiger partial charge in [-0.2, -0.15) is 0 Å². The van der Waals surface area contributed by atoms with E-state index in [4.69, 9.17) is 0 Å². The Morgan fingerprint density at radius 2 is 1.42 bits per heavy atom. The second kappa shape index (κ2) is 8.51. The quantitative estimate of drug-likeness (QED) is 0.704. The van der Waals surface area contributed by atoms with E-state index in [1.807, 2.05) is 19.1 Å². The fourth-order valence-electron chi connectivity index (χ4n) is 4.31. The molecular weight excluding hydrogens is 344 g/mol. The van der Waals surface area contributed by atoms with Gasteiger partial charge in [0.25, 0.3) is 0 Å². The molecule has 0 heterocycles. The maximum absolute atomic E-state index is 13.4. The van der Waals surface area contributed by atoms with Crippen LogP contribution in [0.4, 0.5) is 0 Å². The number of sulfone groups is 1. The Labute approximate surface area is 157 Å². The highest BCUT2D eigenvalue weighted by molar-refractivity contribution is 7.92. The van der Waals surface area contributed by atoms with Gasteiger partial charge in [0.15, 0.2) is 15.6 Å². The first kappa shape index (κ1) is 19.3. The van der Waals surface area contributed by atoms with E-state index in [1.165, 1.54) is 19.3 Å². The molecule has 1 unspecified atom stereocenters. The van der Waals surface area contributed by atoms with Gasteiger partial charge in [0.1, 0.15) is 0 Å². The largest absolute Gasteiger partial charge is 0.295 e. The summed E-state index contributed by atoms with van der Waals surface area (Å²) in [5.41, 5.74) is 2.82. The van der Waals surface area contributed by atoms with E-state index in [1.54, 1.807) is 12.1 Å². The molecule has 1 aromatic carbocycles. The smallest absolute Gasteiger partial charge is 0.185 e. The first-order valence-electron chi connectivity index (χ1n) is 10.1. The summed E-state index contributed by atoms with van der Waals surface area (Å²) in [6, 6.07) is 7.16. The molecule has 26 heavy (non-hydrogen) atoms. The maximum Gasteiger partial charge on any atom is 0.185 e. The van der Waals surface area contributed by atoms with Crippen LogP contribution in [0.5, 0.6) is 0 Å². The van der Waals surface area contributed by atoms with E-state index in [9.17, 15) is 13.2 Å². The Kier molecular flexibility index (Phi) is 6.33. The molecule has 0 fully saturated rings. The van der Waals surface area contributed by atoms with Crippen LogP contribution >= 0.6 is 0 Å². The monoisotopic (exact) mass is 374 g/mol. The molecule has 0 saturated heterocycles. The van der Waals surface area contributed by atoms with Gasteiger partial charge in [0.05, 0.1) is 10.1 Å². The van der Waals surface area contributed by atoms with Gasteiger partial charge in [-0.15, -0.1) is 0 Å². The van der Waals surface area contributed by atoms with Crippen molar-refractivity contribution in [1.82, 2.24) is 0 Å². The van der Waals surface area contributed by atoms with E-state index >= 15 is 0 Å². The van der Waals surface area contributed by atoms with Gasteiger partial charge >= 0.3 is 0 Å². The number of Topliss-reactive ketones (excluding diaryl/α,β-unsaturated/α-hetero) is 1. The first-order chi connectivity index (χ1) is 12.5. The molecule has 2 aliphatic rings. The van der Waals surface area contributed by atoms with Crippen LogP contribution in [-0.2, 0) is 14.6 Å². The number of carbonyl (C=O) groups is 1. The fraction of sp³-hybridized carbons (Fsp3) is 0.591. The second-order valence-corrected chi connectivity index (χ2v) is 9.92. The van der Waals surface area contributed by atoms with Crippen LogP contribution in [0, 0.1) is 6.92 Å². The molecule has 0 radical (unpaired) electrons. The lowest BCUT2D eigenvalue weighted by atomic mass is 9.96. The average molecular weight is 375 g/mol. The molecule has 1 aromatic rings. The first-order valence-corrected chi connectivity index (χ1v) is 11.6. The predicted octanol–water partition coefficient (Wildman–Crippen LogP) is 5.32. The highest BCUT2D eigenvalue weighted by atomic mass is 32.2. The van der Waals surface area contributed by atoms with E-state index in [2.05, 4.69) is 0 Å². The minimum Gasteiger partial charge on any atom is -0.295 e. The average Bonchev–Trinajstić information content (AvgIpc) is 2.95. The van der Waals surface area contributed by atoms with E-state index in [-0.39, 0.29) is 5.78 Å². The van der Waals surface area contributed by atoms with Gasteiger partial charge in [0, 0.05) is 6.42 Å². The molecule has 142 valence electrons. The molecule has 0 saturated carbocycles. The highest BCUT2D eigenvalue weighted by Gasteiger charge is 2.36. The number of hydrogen-bond donors (Lipinski definition) is 0. The lowest BCUT2D eigenvalue weighted by molar-refractivity contribution is -0.115. The molecular formula is C22H30O3S. The number of carbonyl (C=O) groups excluding carboxylic acids is 1. The van der Waals surface area contributed by atoms with Gasteiger partial charge in [-0.05, 0) is 55.9 Å². The van der Waals surface area contributed by atoms with Gasteiger partial charge in [0.2, 0.25) is 0 Å². The third kappa shape index (κ3) is 4.28. The topological polar surface area (TPSA) is 51.2 Å². The minimum atomic E-state index is -3.46. The minimum absolute atomic E-state index is 0.182. The summed E-state index contributed by atoms with van der Waals surface area (Å²) in [6.07, 6.45) is 10.3. The van der Waals surface area contributed by atoms with E-state index < -0.39 is 15.1 Å². The Bertz CT molecular complexity index is 772. The molecule has 2 aliphatic carbocycles. The normalized spacial score (nSPS) is 23.3. The third-order valence-corrected chi connectivity index (χ3v) is 8.05. The summed E-state index contributed by atoms with van der Waals surface area (Å²) in [5, 5.41) is -0.522. The molecule has 3 nitrogen and oxygen atoms in total. The lowest BCUT2D eigenvalue weighted by Crippen LogP contribution is -2.24. The van der Waals surface area contributed by atoms with Crippen molar-refractivity contribution in [3.8, 4) is 0 Å².